The zero-order valence-electron chi connectivity index (χ0n) is 11.7. The van der Waals surface area contributed by atoms with Gasteiger partial charge in [0.25, 0.3) is 0 Å². The van der Waals surface area contributed by atoms with Crippen LogP contribution in [-0.4, -0.2) is 18.5 Å². The molecule has 1 unspecified atom stereocenters. The second kappa shape index (κ2) is 3.96. The molecule has 4 bridgehead atoms. The first-order valence-electron chi connectivity index (χ1n) is 7.43. The van der Waals surface area contributed by atoms with Gasteiger partial charge in [0.2, 0.25) is 5.91 Å². The molecule has 4 aliphatic rings. The second-order valence-electron chi connectivity index (χ2n) is 7.54. The van der Waals surface area contributed by atoms with Crippen molar-refractivity contribution in [3.05, 3.63) is 0 Å². The Morgan fingerprint density at radius 1 is 1.22 bits per heavy atom. The highest BCUT2D eigenvalue weighted by molar-refractivity contribution is 5.84. The van der Waals surface area contributed by atoms with Crippen LogP contribution in [0.1, 0.15) is 51.9 Å². The summed E-state index contributed by atoms with van der Waals surface area (Å²) in [6.45, 7) is 1.98. The van der Waals surface area contributed by atoms with E-state index in [0.29, 0.717) is 5.41 Å². The number of hydrogen-bond donors (Lipinski definition) is 2. The van der Waals surface area contributed by atoms with Crippen molar-refractivity contribution in [1.82, 2.24) is 5.32 Å². The second-order valence-corrected chi connectivity index (χ2v) is 7.54. The van der Waals surface area contributed by atoms with E-state index in [4.69, 9.17) is 5.73 Å². The molecule has 0 aromatic rings. The Morgan fingerprint density at radius 2 is 1.67 bits per heavy atom. The molecule has 1 amide bonds. The summed E-state index contributed by atoms with van der Waals surface area (Å²) >= 11 is 0. The standard InChI is InChI=1S/C15H26N2O/c1-14(17-2,13(16)18)9-15-6-10-3-11(7-15)5-12(4-10)8-15/h10-12,17H,3-9H2,1-2H3,(H2,16,18). The van der Waals surface area contributed by atoms with Gasteiger partial charge in [-0.3, -0.25) is 4.79 Å². The molecule has 0 spiro atoms. The monoisotopic (exact) mass is 250 g/mol. The Kier molecular flexibility index (Phi) is 2.74. The lowest BCUT2D eigenvalue weighted by atomic mass is 9.47. The molecule has 0 aromatic heterocycles. The van der Waals surface area contributed by atoms with Crippen LogP contribution in [0.5, 0.6) is 0 Å². The predicted octanol–water partition coefficient (Wildman–Crippen LogP) is 2.06. The van der Waals surface area contributed by atoms with Gasteiger partial charge in [-0.1, -0.05) is 0 Å². The summed E-state index contributed by atoms with van der Waals surface area (Å²) in [6, 6.07) is 0. The van der Waals surface area contributed by atoms with Gasteiger partial charge in [0, 0.05) is 0 Å². The van der Waals surface area contributed by atoms with Gasteiger partial charge in [-0.2, -0.15) is 0 Å². The van der Waals surface area contributed by atoms with E-state index < -0.39 is 5.54 Å². The molecule has 1 atom stereocenters. The van der Waals surface area contributed by atoms with Crippen molar-refractivity contribution >= 4 is 5.91 Å². The highest BCUT2D eigenvalue weighted by Crippen LogP contribution is 2.62. The van der Waals surface area contributed by atoms with Crippen LogP contribution in [0, 0.1) is 23.2 Å². The van der Waals surface area contributed by atoms with Crippen molar-refractivity contribution < 1.29 is 4.79 Å². The van der Waals surface area contributed by atoms with Gasteiger partial charge in [-0.15, -0.1) is 0 Å². The van der Waals surface area contributed by atoms with E-state index in [-0.39, 0.29) is 5.91 Å². The molecule has 3 heteroatoms. The van der Waals surface area contributed by atoms with Crippen LogP contribution in [0.15, 0.2) is 0 Å². The highest BCUT2D eigenvalue weighted by atomic mass is 16.1. The minimum Gasteiger partial charge on any atom is -0.368 e. The lowest BCUT2D eigenvalue weighted by Gasteiger charge is -2.58. The van der Waals surface area contributed by atoms with Crippen molar-refractivity contribution in [3.8, 4) is 0 Å². The zero-order valence-corrected chi connectivity index (χ0v) is 11.7. The summed E-state index contributed by atoms with van der Waals surface area (Å²) in [5.74, 6) is 2.61. The lowest BCUT2D eigenvalue weighted by Crippen LogP contribution is -2.57. The van der Waals surface area contributed by atoms with Gasteiger partial charge in [0.05, 0.1) is 5.54 Å². The summed E-state index contributed by atoms with van der Waals surface area (Å²) in [6.07, 6.45) is 9.30. The average molecular weight is 250 g/mol. The Morgan fingerprint density at radius 3 is 2.00 bits per heavy atom. The number of rotatable bonds is 4. The van der Waals surface area contributed by atoms with Gasteiger partial charge in [-0.05, 0) is 82.1 Å². The molecule has 18 heavy (non-hydrogen) atoms. The van der Waals surface area contributed by atoms with Gasteiger partial charge >= 0.3 is 0 Å². The number of nitrogens with two attached hydrogens (primary N) is 1. The molecule has 0 aliphatic heterocycles. The molecule has 4 saturated carbocycles. The fourth-order valence-electron chi connectivity index (χ4n) is 5.56. The van der Waals surface area contributed by atoms with E-state index >= 15 is 0 Å². The largest absolute Gasteiger partial charge is 0.368 e. The molecule has 102 valence electrons. The van der Waals surface area contributed by atoms with E-state index in [2.05, 4.69) is 5.32 Å². The van der Waals surface area contributed by atoms with Crippen molar-refractivity contribution in [1.29, 1.82) is 0 Å². The minimum absolute atomic E-state index is 0.194. The van der Waals surface area contributed by atoms with Crippen molar-refractivity contribution in [2.24, 2.45) is 28.9 Å². The molecule has 0 radical (unpaired) electrons. The van der Waals surface area contributed by atoms with Gasteiger partial charge in [-0.25, -0.2) is 0 Å². The van der Waals surface area contributed by atoms with Crippen molar-refractivity contribution in [2.75, 3.05) is 7.05 Å². The van der Waals surface area contributed by atoms with Crippen LogP contribution in [0.3, 0.4) is 0 Å². The van der Waals surface area contributed by atoms with Gasteiger partial charge in [0.15, 0.2) is 0 Å². The molecule has 4 fully saturated rings. The number of carbonyl (C=O) groups excluding carboxylic acids is 1. The normalized spacial score (nSPS) is 44.9. The molecule has 3 nitrogen and oxygen atoms in total. The first-order valence-corrected chi connectivity index (χ1v) is 7.43. The number of hydrogen-bond acceptors (Lipinski definition) is 2. The molecule has 0 aromatic carbocycles. The van der Waals surface area contributed by atoms with Crippen molar-refractivity contribution in [3.63, 3.8) is 0 Å². The smallest absolute Gasteiger partial charge is 0.237 e. The Bertz CT molecular complexity index is 330. The van der Waals surface area contributed by atoms with Gasteiger partial charge in [0.1, 0.15) is 0 Å². The zero-order chi connectivity index (χ0) is 13.0. The maximum Gasteiger partial charge on any atom is 0.237 e. The number of amides is 1. The minimum atomic E-state index is -0.522. The Hall–Kier alpha value is -0.570. The molecule has 0 heterocycles. The van der Waals surface area contributed by atoms with E-state index in [1.165, 1.54) is 38.5 Å². The maximum absolute atomic E-state index is 11.7. The summed E-state index contributed by atoms with van der Waals surface area (Å²) < 4.78 is 0. The third-order valence-corrected chi connectivity index (χ3v) is 5.99. The molecule has 4 aliphatic carbocycles. The highest BCUT2D eigenvalue weighted by Gasteiger charge is 2.53. The quantitative estimate of drug-likeness (QED) is 0.802. The van der Waals surface area contributed by atoms with Crippen LogP contribution in [-0.2, 0) is 4.79 Å². The summed E-state index contributed by atoms with van der Waals surface area (Å²) in [5, 5.41) is 3.18. The van der Waals surface area contributed by atoms with Crippen LogP contribution in [0.2, 0.25) is 0 Å². The summed E-state index contributed by atoms with van der Waals surface area (Å²) in [5.41, 5.74) is 5.49. The molecule has 0 saturated heterocycles. The SMILES string of the molecule is CNC(C)(CC12CC3CC(CC(C3)C1)C2)C(N)=O. The Balaban J connectivity index is 1.81. The van der Waals surface area contributed by atoms with Crippen LogP contribution in [0.25, 0.3) is 0 Å². The van der Waals surface area contributed by atoms with Crippen LogP contribution < -0.4 is 11.1 Å². The molecule has 4 rings (SSSR count). The van der Waals surface area contributed by atoms with E-state index in [1.54, 1.807) is 0 Å². The Labute approximate surface area is 110 Å². The third-order valence-electron chi connectivity index (χ3n) is 5.99. The predicted molar refractivity (Wildman–Crippen MR) is 71.9 cm³/mol. The number of likely N-dealkylation sites (N-methyl/N-ethyl adjacent to an activating group) is 1. The third kappa shape index (κ3) is 1.87. The number of carbonyl (C=O) groups is 1. The molecular formula is C15H26N2O. The maximum atomic E-state index is 11.7. The van der Waals surface area contributed by atoms with Crippen LogP contribution in [0.4, 0.5) is 0 Å². The van der Waals surface area contributed by atoms with Crippen LogP contribution >= 0.6 is 0 Å². The number of nitrogens with one attached hydrogen (secondary N) is 1. The van der Waals surface area contributed by atoms with Crippen molar-refractivity contribution in [2.45, 2.75) is 57.4 Å². The fourth-order valence-corrected chi connectivity index (χ4v) is 5.56. The van der Waals surface area contributed by atoms with E-state index in [1.807, 2.05) is 14.0 Å². The first kappa shape index (κ1) is 12.5. The van der Waals surface area contributed by atoms with E-state index in [0.717, 1.165) is 24.2 Å². The summed E-state index contributed by atoms with van der Waals surface area (Å²) in [7, 11) is 1.87. The average Bonchev–Trinajstić information content (AvgIpc) is 2.25. The topological polar surface area (TPSA) is 55.1 Å². The first-order chi connectivity index (χ1) is 8.45. The lowest BCUT2D eigenvalue weighted by molar-refractivity contribution is -0.128. The molecule has 3 N–H and O–H groups in total. The van der Waals surface area contributed by atoms with E-state index in [9.17, 15) is 4.79 Å². The number of primary amides is 1. The summed E-state index contributed by atoms with van der Waals surface area (Å²) in [4.78, 5) is 11.7. The molecular weight excluding hydrogens is 224 g/mol. The van der Waals surface area contributed by atoms with Gasteiger partial charge < -0.3 is 11.1 Å². The fraction of sp³-hybridized carbons (Fsp3) is 0.933.